The number of aromatic amines is 1. The van der Waals surface area contributed by atoms with Crippen LogP contribution >= 0.6 is 0 Å². The number of hydrogen-bond donors (Lipinski definition) is 2. The molecule has 1 aliphatic carbocycles. The largest absolute Gasteiger partial charge is 0.495 e. The van der Waals surface area contributed by atoms with Gasteiger partial charge in [0.1, 0.15) is 10.6 Å². The Morgan fingerprint density at radius 2 is 1.93 bits per heavy atom. The van der Waals surface area contributed by atoms with E-state index in [0.29, 0.717) is 11.8 Å². The molecule has 3 atom stereocenters. The van der Waals surface area contributed by atoms with Gasteiger partial charge in [-0.25, -0.2) is 8.42 Å². The summed E-state index contributed by atoms with van der Waals surface area (Å²) < 4.78 is 29.9. The molecule has 1 saturated carbocycles. The second-order valence-electron chi connectivity index (χ2n) is 8.43. The number of piperidine rings is 1. The van der Waals surface area contributed by atoms with E-state index < -0.39 is 9.84 Å². The summed E-state index contributed by atoms with van der Waals surface area (Å²) >= 11 is 0. The standard InChI is InChI=1S/C23H32N2O3S/c1-3-29(26,27)23-11-8-17(14-22(23)28-2)20-10-9-18(25-20)15-21-19-7-5-4-6-16(19)12-13-24-21/h8-11,14,16,19,21,24-25H,3-7,12-13,15H2,1-2H3. The Labute approximate surface area is 174 Å². The van der Waals surface area contributed by atoms with E-state index in [1.54, 1.807) is 13.0 Å². The summed E-state index contributed by atoms with van der Waals surface area (Å²) in [5, 5.41) is 3.76. The van der Waals surface area contributed by atoms with Crippen molar-refractivity contribution in [3.05, 3.63) is 36.0 Å². The third-order valence-corrected chi connectivity index (χ3v) is 8.55. The highest BCUT2D eigenvalue weighted by Gasteiger charge is 2.34. The van der Waals surface area contributed by atoms with Crippen LogP contribution < -0.4 is 10.1 Å². The molecular formula is C23H32N2O3S. The van der Waals surface area contributed by atoms with E-state index in [0.717, 1.165) is 36.1 Å². The zero-order valence-electron chi connectivity index (χ0n) is 17.4. The predicted molar refractivity (Wildman–Crippen MR) is 116 cm³/mol. The van der Waals surface area contributed by atoms with Crippen LogP contribution in [0.4, 0.5) is 0 Å². The number of H-pyrrole nitrogens is 1. The lowest BCUT2D eigenvalue weighted by Crippen LogP contribution is -2.48. The van der Waals surface area contributed by atoms with E-state index in [2.05, 4.69) is 22.4 Å². The summed E-state index contributed by atoms with van der Waals surface area (Å²) in [5.41, 5.74) is 3.16. The molecule has 1 aromatic carbocycles. The first-order valence-corrected chi connectivity index (χ1v) is 12.5. The van der Waals surface area contributed by atoms with Crippen molar-refractivity contribution in [2.24, 2.45) is 11.8 Å². The van der Waals surface area contributed by atoms with Crippen molar-refractivity contribution < 1.29 is 13.2 Å². The van der Waals surface area contributed by atoms with Gasteiger partial charge in [-0.05, 0) is 55.5 Å². The molecule has 4 rings (SSSR count). The van der Waals surface area contributed by atoms with Gasteiger partial charge in [-0.2, -0.15) is 0 Å². The van der Waals surface area contributed by atoms with E-state index in [1.807, 2.05) is 12.1 Å². The van der Waals surface area contributed by atoms with Gasteiger partial charge in [0.05, 0.1) is 12.9 Å². The third-order valence-electron chi connectivity index (χ3n) is 6.78. The number of rotatable bonds is 6. The van der Waals surface area contributed by atoms with Crippen LogP contribution in [0, 0.1) is 11.8 Å². The van der Waals surface area contributed by atoms with Gasteiger partial charge in [0, 0.05) is 29.4 Å². The van der Waals surface area contributed by atoms with Crippen molar-refractivity contribution >= 4 is 9.84 Å². The first-order valence-electron chi connectivity index (χ1n) is 10.8. The lowest BCUT2D eigenvalue weighted by atomic mass is 9.71. The fourth-order valence-electron chi connectivity index (χ4n) is 5.17. The summed E-state index contributed by atoms with van der Waals surface area (Å²) in [6.45, 7) is 2.78. The molecule has 2 heterocycles. The molecule has 2 N–H and O–H groups in total. The number of benzene rings is 1. The third kappa shape index (κ3) is 4.24. The van der Waals surface area contributed by atoms with Gasteiger partial charge in [-0.3, -0.25) is 0 Å². The molecule has 1 aromatic heterocycles. The maximum absolute atomic E-state index is 12.3. The van der Waals surface area contributed by atoms with Crippen molar-refractivity contribution in [3.63, 3.8) is 0 Å². The van der Waals surface area contributed by atoms with Gasteiger partial charge in [-0.15, -0.1) is 0 Å². The fourth-order valence-corrected chi connectivity index (χ4v) is 6.20. The first-order chi connectivity index (χ1) is 14.0. The molecule has 2 aliphatic rings. The van der Waals surface area contributed by atoms with Crippen LogP contribution in [0.1, 0.15) is 44.7 Å². The molecule has 1 saturated heterocycles. The average Bonchev–Trinajstić information content (AvgIpc) is 3.22. The second-order valence-corrected chi connectivity index (χ2v) is 10.7. The summed E-state index contributed by atoms with van der Waals surface area (Å²) in [7, 11) is -1.79. The summed E-state index contributed by atoms with van der Waals surface area (Å²) in [5.74, 6) is 2.15. The van der Waals surface area contributed by atoms with Gasteiger partial charge in [-0.1, -0.05) is 32.3 Å². The molecule has 1 aliphatic heterocycles. The Balaban J connectivity index is 1.53. The van der Waals surface area contributed by atoms with Crippen LogP contribution in [-0.2, 0) is 16.3 Å². The normalized spacial score (nSPS) is 24.8. The molecule has 2 fully saturated rings. The van der Waals surface area contributed by atoms with Crippen molar-refractivity contribution in [3.8, 4) is 17.0 Å². The number of nitrogens with one attached hydrogen (secondary N) is 2. The molecule has 3 unspecified atom stereocenters. The summed E-state index contributed by atoms with van der Waals surface area (Å²) in [4.78, 5) is 3.81. The van der Waals surface area contributed by atoms with E-state index >= 15 is 0 Å². The maximum atomic E-state index is 12.3. The zero-order valence-corrected chi connectivity index (χ0v) is 18.2. The highest BCUT2D eigenvalue weighted by molar-refractivity contribution is 7.91. The fraction of sp³-hybridized carbons (Fsp3) is 0.565. The lowest BCUT2D eigenvalue weighted by molar-refractivity contribution is 0.133. The maximum Gasteiger partial charge on any atom is 0.181 e. The molecule has 29 heavy (non-hydrogen) atoms. The number of fused-ring (bicyclic) bond motifs is 1. The van der Waals surface area contributed by atoms with Crippen molar-refractivity contribution in [1.82, 2.24) is 10.3 Å². The average molecular weight is 417 g/mol. The second kappa shape index (κ2) is 8.52. The molecule has 5 nitrogen and oxygen atoms in total. The monoisotopic (exact) mass is 416 g/mol. The lowest BCUT2D eigenvalue weighted by Gasteiger charge is -2.42. The van der Waals surface area contributed by atoms with Crippen molar-refractivity contribution in [2.45, 2.75) is 56.4 Å². The first kappa shape index (κ1) is 20.5. The Morgan fingerprint density at radius 3 is 2.72 bits per heavy atom. The predicted octanol–water partition coefficient (Wildman–Crippen LogP) is 4.19. The Bertz CT molecular complexity index is 949. The molecule has 6 heteroatoms. The number of sulfone groups is 1. The topological polar surface area (TPSA) is 71.2 Å². The van der Waals surface area contributed by atoms with Gasteiger partial charge < -0.3 is 15.0 Å². The number of aromatic nitrogens is 1. The molecule has 2 aromatic rings. The van der Waals surface area contributed by atoms with Gasteiger partial charge in [0.25, 0.3) is 0 Å². The minimum Gasteiger partial charge on any atom is -0.495 e. The minimum absolute atomic E-state index is 0.0614. The van der Waals surface area contributed by atoms with E-state index in [9.17, 15) is 8.42 Å². The van der Waals surface area contributed by atoms with E-state index in [1.165, 1.54) is 44.9 Å². The Morgan fingerprint density at radius 1 is 1.10 bits per heavy atom. The zero-order chi connectivity index (χ0) is 20.4. The van der Waals surface area contributed by atoms with Crippen LogP contribution in [0.3, 0.4) is 0 Å². The van der Waals surface area contributed by atoms with Crippen LogP contribution in [-0.4, -0.2) is 38.9 Å². The Kier molecular flexibility index (Phi) is 6.02. The van der Waals surface area contributed by atoms with E-state index in [4.69, 9.17) is 4.74 Å². The van der Waals surface area contributed by atoms with Gasteiger partial charge in [0.15, 0.2) is 9.84 Å². The van der Waals surface area contributed by atoms with Crippen LogP contribution in [0.15, 0.2) is 35.2 Å². The minimum atomic E-state index is -3.31. The molecule has 158 valence electrons. The number of ether oxygens (including phenoxy) is 1. The highest BCUT2D eigenvalue weighted by atomic mass is 32.2. The smallest absolute Gasteiger partial charge is 0.181 e. The highest BCUT2D eigenvalue weighted by Crippen LogP contribution is 2.38. The van der Waals surface area contributed by atoms with Gasteiger partial charge >= 0.3 is 0 Å². The van der Waals surface area contributed by atoms with E-state index in [-0.39, 0.29) is 10.6 Å². The molecule has 0 amide bonds. The molecule has 0 radical (unpaired) electrons. The Hall–Kier alpha value is -1.79. The number of methoxy groups -OCH3 is 1. The number of hydrogen-bond acceptors (Lipinski definition) is 4. The molecule has 0 bridgehead atoms. The van der Waals surface area contributed by atoms with Crippen LogP contribution in [0.25, 0.3) is 11.3 Å². The summed E-state index contributed by atoms with van der Waals surface area (Å²) in [6.07, 6.45) is 7.84. The van der Waals surface area contributed by atoms with Crippen molar-refractivity contribution in [2.75, 3.05) is 19.4 Å². The van der Waals surface area contributed by atoms with Crippen LogP contribution in [0.2, 0.25) is 0 Å². The SMILES string of the molecule is CCS(=O)(=O)c1ccc(-c2ccc(CC3NCCC4CCCCC43)[nH]2)cc1OC. The van der Waals surface area contributed by atoms with Crippen LogP contribution in [0.5, 0.6) is 5.75 Å². The quantitative estimate of drug-likeness (QED) is 0.741. The summed E-state index contributed by atoms with van der Waals surface area (Å²) in [6, 6.07) is 10.1. The molecule has 0 spiro atoms. The van der Waals surface area contributed by atoms with Crippen molar-refractivity contribution in [1.29, 1.82) is 0 Å². The molecular weight excluding hydrogens is 384 g/mol. The van der Waals surface area contributed by atoms with Gasteiger partial charge in [0.2, 0.25) is 0 Å².